The van der Waals surface area contributed by atoms with Crippen LogP contribution in [0.1, 0.15) is 39.3 Å². The molecule has 2 rings (SSSR count). The number of hydrogen-bond donors (Lipinski definition) is 3. The van der Waals surface area contributed by atoms with E-state index in [-0.39, 0.29) is 12.3 Å². The van der Waals surface area contributed by atoms with E-state index in [1.807, 2.05) is 0 Å². The highest BCUT2D eigenvalue weighted by molar-refractivity contribution is 5.91. The van der Waals surface area contributed by atoms with Crippen molar-refractivity contribution in [2.24, 2.45) is 5.73 Å². The van der Waals surface area contributed by atoms with Crippen LogP contribution in [0.5, 0.6) is 0 Å². The highest BCUT2D eigenvalue weighted by Gasteiger charge is 2.37. The molecule has 138 valence electrons. The molecule has 0 aliphatic carbocycles. The van der Waals surface area contributed by atoms with Crippen molar-refractivity contribution in [3.63, 3.8) is 0 Å². The largest absolute Gasteiger partial charge is 0.444 e. The number of imidazole rings is 1. The molecular weight excluding hydrogens is 326 g/mol. The van der Waals surface area contributed by atoms with Crippen LogP contribution in [-0.2, 0) is 20.7 Å². The van der Waals surface area contributed by atoms with Crippen LogP contribution in [-0.4, -0.2) is 57.0 Å². The van der Waals surface area contributed by atoms with Crippen molar-refractivity contribution in [3.05, 3.63) is 18.2 Å². The van der Waals surface area contributed by atoms with Crippen molar-refractivity contribution < 1.29 is 19.1 Å². The van der Waals surface area contributed by atoms with Gasteiger partial charge in [-0.25, -0.2) is 9.78 Å². The summed E-state index contributed by atoms with van der Waals surface area (Å²) in [6, 6.07) is -1.52. The molecule has 2 heterocycles. The van der Waals surface area contributed by atoms with Crippen LogP contribution in [0.15, 0.2) is 12.5 Å². The number of likely N-dealkylation sites (tertiary alicyclic amines) is 1. The molecule has 9 heteroatoms. The van der Waals surface area contributed by atoms with Gasteiger partial charge in [-0.15, -0.1) is 0 Å². The van der Waals surface area contributed by atoms with Gasteiger partial charge in [0.1, 0.15) is 17.7 Å². The fourth-order valence-electron chi connectivity index (χ4n) is 2.79. The lowest BCUT2D eigenvalue weighted by molar-refractivity contribution is -0.139. The van der Waals surface area contributed by atoms with Crippen LogP contribution in [0.4, 0.5) is 4.79 Å². The van der Waals surface area contributed by atoms with Gasteiger partial charge >= 0.3 is 6.09 Å². The van der Waals surface area contributed by atoms with Crippen molar-refractivity contribution in [1.29, 1.82) is 0 Å². The van der Waals surface area contributed by atoms with E-state index in [1.165, 1.54) is 11.2 Å². The summed E-state index contributed by atoms with van der Waals surface area (Å²) < 4.78 is 5.24. The Morgan fingerprint density at radius 1 is 1.48 bits per heavy atom. The number of hydrogen-bond acceptors (Lipinski definition) is 5. The smallest absolute Gasteiger partial charge is 0.408 e. The van der Waals surface area contributed by atoms with E-state index in [1.54, 1.807) is 27.0 Å². The number of primary amides is 1. The van der Waals surface area contributed by atoms with Crippen molar-refractivity contribution in [2.75, 3.05) is 6.54 Å². The third kappa shape index (κ3) is 5.20. The predicted octanol–water partition coefficient (Wildman–Crippen LogP) is 0.322. The van der Waals surface area contributed by atoms with Gasteiger partial charge in [0.25, 0.3) is 0 Å². The van der Waals surface area contributed by atoms with Gasteiger partial charge < -0.3 is 25.7 Å². The van der Waals surface area contributed by atoms with E-state index in [4.69, 9.17) is 10.5 Å². The summed E-state index contributed by atoms with van der Waals surface area (Å²) >= 11 is 0. The standard InChI is InChI=1S/C16H25N5O4/c1-16(2,3)25-15(24)20-11(7-10-8-18-9-19-10)14(23)21-6-4-5-12(21)13(17)22/h8-9,11-12H,4-7H2,1-3H3,(H2,17,22)(H,18,19)(H,20,24)/t11-,12+/m0/s1. The average molecular weight is 351 g/mol. The van der Waals surface area contributed by atoms with E-state index in [9.17, 15) is 14.4 Å². The fraction of sp³-hybridized carbons (Fsp3) is 0.625. The third-order valence-corrected chi connectivity index (χ3v) is 3.83. The number of alkyl carbamates (subject to hydrolysis) is 1. The number of carbonyl (C=O) groups is 3. The first-order valence-corrected chi connectivity index (χ1v) is 8.24. The first kappa shape index (κ1) is 18.8. The molecule has 0 radical (unpaired) electrons. The molecule has 0 saturated carbocycles. The van der Waals surface area contributed by atoms with Gasteiger partial charge in [-0.1, -0.05) is 0 Å². The van der Waals surface area contributed by atoms with E-state index in [0.29, 0.717) is 25.1 Å². The maximum atomic E-state index is 12.9. The number of nitrogens with one attached hydrogen (secondary N) is 2. The van der Waals surface area contributed by atoms with Gasteiger partial charge in [-0.2, -0.15) is 0 Å². The van der Waals surface area contributed by atoms with Crippen LogP contribution in [0.25, 0.3) is 0 Å². The molecule has 1 fully saturated rings. The summed E-state index contributed by atoms with van der Waals surface area (Å²) in [5.74, 6) is -0.898. The second-order valence-corrected chi connectivity index (χ2v) is 7.07. The van der Waals surface area contributed by atoms with Crippen LogP contribution in [0.3, 0.4) is 0 Å². The predicted molar refractivity (Wildman–Crippen MR) is 89.4 cm³/mol. The van der Waals surface area contributed by atoms with Gasteiger partial charge in [0.2, 0.25) is 11.8 Å². The zero-order valence-corrected chi connectivity index (χ0v) is 14.7. The molecule has 0 bridgehead atoms. The molecule has 0 spiro atoms. The Morgan fingerprint density at radius 2 is 2.20 bits per heavy atom. The minimum atomic E-state index is -0.879. The Balaban J connectivity index is 2.14. The number of carbonyl (C=O) groups excluding carboxylic acids is 3. The molecular formula is C16H25N5O4. The Bertz CT molecular complexity index is 623. The van der Waals surface area contributed by atoms with Crippen LogP contribution in [0.2, 0.25) is 0 Å². The molecule has 9 nitrogen and oxygen atoms in total. The number of nitrogens with two attached hydrogens (primary N) is 1. The Morgan fingerprint density at radius 3 is 2.76 bits per heavy atom. The van der Waals surface area contributed by atoms with Crippen molar-refractivity contribution >= 4 is 17.9 Å². The molecule has 1 aromatic heterocycles. The Labute approximate surface area is 146 Å². The number of nitrogens with zero attached hydrogens (tertiary/aromatic N) is 2. The molecule has 0 unspecified atom stereocenters. The zero-order chi connectivity index (χ0) is 18.6. The molecule has 25 heavy (non-hydrogen) atoms. The summed E-state index contributed by atoms with van der Waals surface area (Å²) in [5.41, 5.74) is 5.38. The van der Waals surface area contributed by atoms with Crippen LogP contribution < -0.4 is 11.1 Å². The summed E-state index contributed by atoms with van der Waals surface area (Å²) in [6.45, 7) is 5.65. The van der Waals surface area contributed by atoms with Crippen LogP contribution >= 0.6 is 0 Å². The lowest BCUT2D eigenvalue weighted by Crippen LogP contribution is -2.54. The van der Waals surface area contributed by atoms with E-state index >= 15 is 0 Å². The number of amides is 3. The number of aromatic amines is 1. The second-order valence-electron chi connectivity index (χ2n) is 7.07. The first-order chi connectivity index (χ1) is 11.7. The maximum absolute atomic E-state index is 12.9. The molecule has 1 aromatic rings. The molecule has 1 aliphatic heterocycles. The number of H-pyrrole nitrogens is 1. The SMILES string of the molecule is CC(C)(C)OC(=O)N[C@@H](Cc1cnc[nH]1)C(=O)N1CCC[C@@H]1C(N)=O. The molecule has 4 N–H and O–H groups in total. The molecule has 2 atom stereocenters. The maximum Gasteiger partial charge on any atom is 0.408 e. The van der Waals surface area contributed by atoms with E-state index in [2.05, 4.69) is 15.3 Å². The lowest BCUT2D eigenvalue weighted by Gasteiger charge is -2.28. The van der Waals surface area contributed by atoms with Gasteiger partial charge in [-0.3, -0.25) is 9.59 Å². The quantitative estimate of drug-likeness (QED) is 0.703. The fourth-order valence-corrected chi connectivity index (χ4v) is 2.79. The second kappa shape index (κ2) is 7.54. The van der Waals surface area contributed by atoms with Gasteiger partial charge in [-0.05, 0) is 33.6 Å². The summed E-state index contributed by atoms with van der Waals surface area (Å²) in [7, 11) is 0. The first-order valence-electron chi connectivity index (χ1n) is 8.24. The average Bonchev–Trinajstić information content (AvgIpc) is 3.14. The highest BCUT2D eigenvalue weighted by Crippen LogP contribution is 2.19. The topological polar surface area (TPSA) is 130 Å². The van der Waals surface area contributed by atoms with E-state index < -0.39 is 29.7 Å². The monoisotopic (exact) mass is 351 g/mol. The van der Waals surface area contributed by atoms with Gasteiger partial charge in [0.05, 0.1) is 6.33 Å². The number of aromatic nitrogens is 2. The summed E-state index contributed by atoms with van der Waals surface area (Å²) in [5, 5.41) is 2.60. The lowest BCUT2D eigenvalue weighted by atomic mass is 10.1. The minimum Gasteiger partial charge on any atom is -0.444 e. The number of ether oxygens (including phenoxy) is 1. The van der Waals surface area contributed by atoms with Gasteiger partial charge in [0.15, 0.2) is 0 Å². The summed E-state index contributed by atoms with van der Waals surface area (Å²) in [6.07, 6.45) is 3.81. The molecule has 1 aliphatic rings. The van der Waals surface area contributed by atoms with Crippen LogP contribution in [0, 0.1) is 0 Å². The zero-order valence-electron chi connectivity index (χ0n) is 14.7. The minimum absolute atomic E-state index is 0.208. The Hall–Kier alpha value is -2.58. The highest BCUT2D eigenvalue weighted by atomic mass is 16.6. The normalized spacial score (nSPS) is 18.7. The van der Waals surface area contributed by atoms with Crippen molar-refractivity contribution in [3.8, 4) is 0 Å². The Kier molecular flexibility index (Phi) is 5.66. The van der Waals surface area contributed by atoms with Gasteiger partial charge in [0, 0.05) is 24.9 Å². The summed E-state index contributed by atoms with van der Waals surface area (Å²) in [4.78, 5) is 44.8. The molecule has 0 aromatic carbocycles. The third-order valence-electron chi connectivity index (χ3n) is 3.83. The molecule has 3 amide bonds. The van der Waals surface area contributed by atoms with E-state index in [0.717, 1.165) is 0 Å². The molecule has 1 saturated heterocycles. The van der Waals surface area contributed by atoms with Crippen molar-refractivity contribution in [2.45, 2.75) is 57.7 Å². The van der Waals surface area contributed by atoms with Crippen molar-refractivity contribution in [1.82, 2.24) is 20.2 Å². The number of rotatable bonds is 5.